The van der Waals surface area contributed by atoms with Gasteiger partial charge in [0, 0.05) is 24.6 Å². The van der Waals surface area contributed by atoms with Gasteiger partial charge in [-0.3, -0.25) is 9.59 Å². The topological polar surface area (TPSA) is 83.4 Å². The Labute approximate surface area is 220 Å². The zero-order valence-corrected chi connectivity index (χ0v) is 21.6. The van der Waals surface area contributed by atoms with E-state index in [0.29, 0.717) is 23.0 Å². The van der Waals surface area contributed by atoms with Crippen LogP contribution in [0.5, 0.6) is 5.75 Å². The van der Waals surface area contributed by atoms with Crippen LogP contribution < -0.4 is 10.1 Å². The van der Waals surface area contributed by atoms with E-state index in [1.54, 1.807) is 31.4 Å². The molecule has 0 radical (unpaired) electrons. The van der Waals surface area contributed by atoms with Gasteiger partial charge in [-0.25, -0.2) is 5.01 Å². The Morgan fingerprint density at radius 3 is 2.59 bits per heavy atom. The predicted molar refractivity (Wildman–Crippen MR) is 148 cm³/mol. The number of hydrogen-bond donors (Lipinski definition) is 1. The van der Waals surface area contributed by atoms with E-state index < -0.39 is 5.25 Å². The zero-order chi connectivity index (χ0) is 25.8. The van der Waals surface area contributed by atoms with E-state index in [4.69, 9.17) is 9.84 Å². The number of carbonyl (C=O) groups is 2. The number of hydrazone groups is 1. The first-order valence-electron chi connectivity index (χ1n) is 12.3. The quantitative estimate of drug-likeness (QED) is 0.456. The summed E-state index contributed by atoms with van der Waals surface area (Å²) in [6.45, 7) is 2.13. The van der Waals surface area contributed by atoms with Gasteiger partial charge in [0.15, 0.2) is 5.17 Å². The summed E-state index contributed by atoms with van der Waals surface area (Å²) < 4.78 is 5.21. The molecule has 3 aromatic rings. The summed E-state index contributed by atoms with van der Waals surface area (Å²) in [4.78, 5) is 29.9. The Balaban J connectivity index is 1.33. The average Bonchev–Trinajstić information content (AvgIpc) is 3.53. The molecular weight excluding hydrogens is 484 g/mol. The molecule has 0 spiro atoms. The number of carbonyl (C=O) groups excluding carboxylic acids is 2. The van der Waals surface area contributed by atoms with Crippen molar-refractivity contribution in [2.45, 2.75) is 37.5 Å². The van der Waals surface area contributed by atoms with E-state index in [1.807, 2.05) is 35.3 Å². The highest BCUT2D eigenvalue weighted by molar-refractivity contribution is 8.15. The Kier molecular flexibility index (Phi) is 7.37. The number of aryl methyl sites for hydroxylation is 1. The number of benzene rings is 3. The second-order valence-corrected chi connectivity index (χ2v) is 10.1. The van der Waals surface area contributed by atoms with Gasteiger partial charge < -0.3 is 10.1 Å². The van der Waals surface area contributed by atoms with Gasteiger partial charge in [0.25, 0.3) is 5.91 Å². The lowest BCUT2D eigenvalue weighted by Gasteiger charge is -2.23. The highest BCUT2D eigenvalue weighted by Crippen LogP contribution is 2.38. The Morgan fingerprint density at radius 2 is 1.86 bits per heavy atom. The van der Waals surface area contributed by atoms with Crippen LogP contribution in [-0.2, 0) is 16.0 Å². The number of hydrogen-bond acceptors (Lipinski definition) is 6. The lowest BCUT2D eigenvalue weighted by molar-refractivity contribution is -0.121. The van der Waals surface area contributed by atoms with Crippen molar-refractivity contribution in [3.05, 3.63) is 95.6 Å². The second-order valence-electron chi connectivity index (χ2n) is 8.90. The smallest absolute Gasteiger partial charge is 0.262 e. The van der Waals surface area contributed by atoms with Crippen LogP contribution in [0.25, 0.3) is 0 Å². The summed E-state index contributed by atoms with van der Waals surface area (Å²) in [5.41, 5.74) is 4.99. The number of anilines is 1. The van der Waals surface area contributed by atoms with Crippen molar-refractivity contribution >= 4 is 40.1 Å². The molecular formula is C29H28N4O3S. The molecule has 37 heavy (non-hydrogen) atoms. The fraction of sp³-hybridized carbons (Fsp3) is 0.241. The monoisotopic (exact) mass is 512 g/mol. The van der Waals surface area contributed by atoms with Crippen LogP contribution in [0.15, 0.2) is 89.0 Å². The molecule has 0 saturated heterocycles. The molecule has 0 aromatic heterocycles. The molecule has 8 heteroatoms. The summed E-state index contributed by atoms with van der Waals surface area (Å²) in [5.74, 6) is 0.0789. The van der Waals surface area contributed by atoms with Crippen LogP contribution in [0.1, 0.15) is 42.5 Å². The van der Waals surface area contributed by atoms with Crippen molar-refractivity contribution in [3.8, 4) is 5.75 Å². The van der Waals surface area contributed by atoms with Crippen molar-refractivity contribution < 1.29 is 14.3 Å². The normalized spacial score (nSPS) is 19.0. The van der Waals surface area contributed by atoms with Crippen molar-refractivity contribution in [1.29, 1.82) is 0 Å². The van der Waals surface area contributed by atoms with E-state index >= 15 is 0 Å². The number of nitrogens with one attached hydrogen (secondary N) is 1. The molecule has 0 bridgehead atoms. The molecule has 2 atom stereocenters. The molecule has 0 saturated carbocycles. The third-order valence-corrected chi connectivity index (χ3v) is 7.58. The maximum absolute atomic E-state index is 12.8. The van der Waals surface area contributed by atoms with Crippen LogP contribution >= 0.6 is 11.8 Å². The Bertz CT molecular complexity index is 1360. The third-order valence-electron chi connectivity index (χ3n) is 6.44. The number of rotatable bonds is 7. The maximum atomic E-state index is 12.8. The minimum Gasteiger partial charge on any atom is -0.497 e. The minimum atomic E-state index is -0.597. The second kappa shape index (κ2) is 11.0. The van der Waals surface area contributed by atoms with Crippen LogP contribution in [0, 0.1) is 0 Å². The average molecular weight is 513 g/mol. The maximum Gasteiger partial charge on any atom is 0.262 e. The highest BCUT2D eigenvalue weighted by Gasteiger charge is 2.39. The van der Waals surface area contributed by atoms with Gasteiger partial charge in [0.1, 0.15) is 11.0 Å². The standard InChI is InChI=1S/C29H28N4O3S/c1-3-19-12-14-21(15-13-19)25-17-24(20-8-5-4-6-9-20)32-33(25)29-31-28(35)26(37-29)18-27(34)30-22-10-7-11-23(16-22)36-2/h4-16,25-26H,3,17-18H2,1-2H3,(H,30,34)/t25-,26+/m1/s1. The van der Waals surface area contributed by atoms with Crippen molar-refractivity contribution in [1.82, 2.24) is 5.01 Å². The van der Waals surface area contributed by atoms with Crippen molar-refractivity contribution in [2.24, 2.45) is 10.1 Å². The van der Waals surface area contributed by atoms with Gasteiger partial charge in [0.05, 0.1) is 18.9 Å². The zero-order valence-electron chi connectivity index (χ0n) is 20.8. The molecule has 2 heterocycles. The van der Waals surface area contributed by atoms with Crippen LogP contribution in [0.4, 0.5) is 5.69 Å². The number of amidine groups is 1. The summed E-state index contributed by atoms with van der Waals surface area (Å²) in [5, 5.41) is 9.54. The molecule has 7 nitrogen and oxygen atoms in total. The molecule has 0 aliphatic carbocycles. The van der Waals surface area contributed by atoms with E-state index in [9.17, 15) is 9.59 Å². The number of methoxy groups -OCH3 is 1. The van der Waals surface area contributed by atoms with Crippen LogP contribution in [-0.4, -0.2) is 40.1 Å². The number of aliphatic imine (C=N–C) groups is 1. The molecule has 3 aromatic carbocycles. The predicted octanol–water partition coefficient (Wildman–Crippen LogP) is 5.44. The minimum absolute atomic E-state index is 0.0205. The van der Waals surface area contributed by atoms with Gasteiger partial charge in [-0.15, -0.1) is 0 Å². The third kappa shape index (κ3) is 5.59. The van der Waals surface area contributed by atoms with Crippen LogP contribution in [0.3, 0.4) is 0 Å². The van der Waals surface area contributed by atoms with Gasteiger partial charge in [-0.05, 0) is 35.2 Å². The summed E-state index contributed by atoms with van der Waals surface area (Å²) in [7, 11) is 1.57. The van der Waals surface area contributed by atoms with Crippen LogP contribution in [0.2, 0.25) is 0 Å². The van der Waals surface area contributed by atoms with E-state index in [-0.39, 0.29) is 24.3 Å². The summed E-state index contributed by atoms with van der Waals surface area (Å²) >= 11 is 1.30. The van der Waals surface area contributed by atoms with Gasteiger partial charge in [-0.2, -0.15) is 10.1 Å². The number of amides is 2. The van der Waals surface area contributed by atoms with Gasteiger partial charge in [-0.1, -0.05) is 79.3 Å². The molecule has 2 aliphatic rings. The summed E-state index contributed by atoms with van der Waals surface area (Å²) in [6.07, 6.45) is 1.69. The molecule has 1 N–H and O–H groups in total. The van der Waals surface area contributed by atoms with Crippen molar-refractivity contribution in [2.75, 3.05) is 12.4 Å². The molecule has 2 amide bonds. The lowest BCUT2D eigenvalue weighted by Crippen LogP contribution is -2.25. The molecule has 188 valence electrons. The Hall–Kier alpha value is -3.91. The molecule has 0 fully saturated rings. The first kappa shape index (κ1) is 24.8. The highest BCUT2D eigenvalue weighted by atomic mass is 32.2. The SMILES string of the molecule is CCc1ccc([C@H]2CC(c3ccccc3)=NN2C2=NC(=O)[C@H](CC(=O)Nc3cccc(OC)c3)S2)cc1. The largest absolute Gasteiger partial charge is 0.497 e. The lowest BCUT2D eigenvalue weighted by atomic mass is 9.97. The molecule has 0 unspecified atom stereocenters. The van der Waals surface area contributed by atoms with E-state index in [2.05, 4.69) is 41.5 Å². The van der Waals surface area contributed by atoms with Crippen molar-refractivity contribution in [3.63, 3.8) is 0 Å². The number of nitrogens with zero attached hydrogens (tertiary/aromatic N) is 3. The first-order chi connectivity index (χ1) is 18.0. The fourth-order valence-electron chi connectivity index (χ4n) is 4.41. The Morgan fingerprint density at radius 1 is 1.08 bits per heavy atom. The number of thioether (sulfide) groups is 1. The fourth-order valence-corrected chi connectivity index (χ4v) is 5.47. The number of ether oxygens (including phenoxy) is 1. The van der Waals surface area contributed by atoms with E-state index in [1.165, 1.54) is 17.3 Å². The first-order valence-corrected chi connectivity index (χ1v) is 13.2. The summed E-state index contributed by atoms with van der Waals surface area (Å²) in [6, 6.07) is 25.6. The molecule has 2 aliphatic heterocycles. The van der Waals surface area contributed by atoms with Gasteiger partial charge >= 0.3 is 0 Å². The van der Waals surface area contributed by atoms with Gasteiger partial charge in [0.2, 0.25) is 5.91 Å². The van der Waals surface area contributed by atoms with E-state index in [0.717, 1.165) is 23.3 Å². The molecule has 5 rings (SSSR count).